The van der Waals surface area contributed by atoms with Crippen LogP contribution in [0.4, 0.5) is 0 Å². The van der Waals surface area contributed by atoms with E-state index in [0.29, 0.717) is 25.9 Å². The van der Waals surface area contributed by atoms with Crippen molar-refractivity contribution < 1.29 is 24.5 Å². The second-order valence-corrected chi connectivity index (χ2v) is 26.0. The number of esters is 1. The summed E-state index contributed by atoms with van der Waals surface area (Å²) in [5.74, 6) is -0.0197. The Kier molecular flexibility index (Phi) is 71.4. The molecule has 0 fully saturated rings. The van der Waals surface area contributed by atoms with Crippen LogP contribution in [0.2, 0.25) is 0 Å². The molecule has 0 rings (SSSR count). The summed E-state index contributed by atoms with van der Waals surface area (Å²) < 4.78 is 5.51. The molecule has 0 aliphatic rings. The summed E-state index contributed by atoms with van der Waals surface area (Å²) in [5, 5.41) is 23.3. The molecule has 6 heteroatoms. The first-order valence-corrected chi connectivity index (χ1v) is 37.9. The van der Waals surface area contributed by atoms with Gasteiger partial charge in [0.2, 0.25) is 5.91 Å². The third-order valence-electron chi connectivity index (χ3n) is 17.6. The highest BCUT2D eigenvalue weighted by atomic mass is 16.5. The Labute approximate surface area is 525 Å². The third-order valence-corrected chi connectivity index (χ3v) is 17.6. The molecule has 84 heavy (non-hydrogen) atoms. The topological polar surface area (TPSA) is 95.9 Å². The predicted octanol–water partition coefficient (Wildman–Crippen LogP) is 24.8. The molecule has 494 valence electrons. The molecule has 0 aromatic carbocycles. The van der Waals surface area contributed by atoms with Gasteiger partial charge in [-0.3, -0.25) is 9.59 Å². The molecule has 0 aliphatic heterocycles. The fourth-order valence-corrected chi connectivity index (χ4v) is 11.8. The first-order valence-electron chi connectivity index (χ1n) is 37.9. The number of hydrogen-bond acceptors (Lipinski definition) is 5. The van der Waals surface area contributed by atoms with E-state index < -0.39 is 12.1 Å². The Bertz CT molecular complexity index is 1400. The second kappa shape index (κ2) is 73.3. The molecule has 0 aromatic rings. The number of carbonyl (C=O) groups is 2. The van der Waals surface area contributed by atoms with Crippen molar-refractivity contribution in [3.63, 3.8) is 0 Å². The van der Waals surface area contributed by atoms with E-state index >= 15 is 0 Å². The molecule has 0 saturated heterocycles. The van der Waals surface area contributed by atoms with Crippen LogP contribution in [0, 0.1) is 0 Å². The maximum atomic E-state index is 12.5. The van der Waals surface area contributed by atoms with Crippen molar-refractivity contribution in [1.82, 2.24) is 5.32 Å². The van der Waals surface area contributed by atoms with Crippen molar-refractivity contribution in [2.75, 3.05) is 13.2 Å². The highest BCUT2D eigenvalue weighted by Crippen LogP contribution is 2.19. The van der Waals surface area contributed by atoms with E-state index in [-0.39, 0.29) is 18.5 Å². The van der Waals surface area contributed by atoms with Crippen LogP contribution in [-0.2, 0) is 14.3 Å². The molecule has 0 aliphatic carbocycles. The van der Waals surface area contributed by atoms with Crippen LogP contribution in [0.3, 0.4) is 0 Å². The van der Waals surface area contributed by atoms with E-state index in [1.165, 1.54) is 321 Å². The third kappa shape index (κ3) is 68.9. The smallest absolute Gasteiger partial charge is 0.305 e. The summed E-state index contributed by atoms with van der Waals surface area (Å²) in [6, 6.07) is -0.540. The first kappa shape index (κ1) is 81.8. The van der Waals surface area contributed by atoms with E-state index in [4.69, 9.17) is 4.74 Å². The van der Waals surface area contributed by atoms with Crippen molar-refractivity contribution in [3.05, 3.63) is 48.6 Å². The van der Waals surface area contributed by atoms with Gasteiger partial charge in [-0.1, -0.05) is 358 Å². The van der Waals surface area contributed by atoms with Gasteiger partial charge in [0.15, 0.2) is 0 Å². The normalized spacial score (nSPS) is 12.8. The number of aliphatic hydroxyl groups excluding tert-OH is 2. The molecule has 2 unspecified atom stereocenters. The average Bonchev–Trinajstić information content (AvgIpc) is 3.53. The molecule has 0 heterocycles. The Morgan fingerprint density at radius 3 is 0.929 bits per heavy atom. The van der Waals surface area contributed by atoms with E-state index in [0.717, 1.165) is 57.8 Å². The molecular formula is C78H147NO5. The Balaban J connectivity index is 3.37. The minimum absolute atomic E-state index is 0.0107. The van der Waals surface area contributed by atoms with E-state index in [1.54, 1.807) is 0 Å². The quantitative estimate of drug-likeness (QED) is 0.0320. The number of ether oxygens (including phenoxy) is 1. The highest BCUT2D eigenvalue weighted by Gasteiger charge is 2.20. The van der Waals surface area contributed by atoms with Crippen molar-refractivity contribution in [2.24, 2.45) is 0 Å². The number of amides is 1. The van der Waals surface area contributed by atoms with Crippen molar-refractivity contribution >= 4 is 11.9 Å². The predicted molar refractivity (Wildman–Crippen MR) is 370 cm³/mol. The molecule has 0 bridgehead atoms. The number of allylic oxidation sites excluding steroid dienone is 8. The highest BCUT2D eigenvalue weighted by molar-refractivity contribution is 5.76. The number of unbranched alkanes of at least 4 members (excludes halogenated alkanes) is 52. The zero-order valence-electron chi connectivity index (χ0n) is 56.6. The van der Waals surface area contributed by atoms with Crippen LogP contribution in [0.25, 0.3) is 0 Å². The van der Waals surface area contributed by atoms with Crippen molar-refractivity contribution in [1.29, 1.82) is 0 Å². The summed E-state index contributed by atoms with van der Waals surface area (Å²) in [6.45, 7) is 4.96. The molecule has 0 radical (unpaired) electrons. The van der Waals surface area contributed by atoms with Gasteiger partial charge < -0.3 is 20.3 Å². The fraction of sp³-hybridized carbons (Fsp3) is 0.872. The molecule has 0 spiro atoms. The van der Waals surface area contributed by atoms with Gasteiger partial charge >= 0.3 is 5.97 Å². The van der Waals surface area contributed by atoms with Gasteiger partial charge in [0, 0.05) is 12.8 Å². The van der Waals surface area contributed by atoms with Gasteiger partial charge in [0.1, 0.15) is 0 Å². The SMILES string of the molecule is CCCCC/C=C\C/C=C\CCCCCCCCCCCC(=O)OCCCCCCCCCCC/C=C\C/C=C\CCCCCCCCCCCCCCCCCCCC(=O)NC(CO)C(O)CCCCCCCCCCCCCCCCC. The zero-order chi connectivity index (χ0) is 60.6. The molecule has 1 amide bonds. The lowest BCUT2D eigenvalue weighted by atomic mass is 10.0. The van der Waals surface area contributed by atoms with Crippen LogP contribution < -0.4 is 5.32 Å². The van der Waals surface area contributed by atoms with Gasteiger partial charge in [-0.2, -0.15) is 0 Å². The Hall–Kier alpha value is -2.18. The Morgan fingerprint density at radius 1 is 0.333 bits per heavy atom. The summed E-state index contributed by atoms with van der Waals surface area (Å²) in [5.41, 5.74) is 0. The molecule has 6 nitrogen and oxygen atoms in total. The monoisotopic (exact) mass is 1180 g/mol. The van der Waals surface area contributed by atoms with Crippen LogP contribution in [0.5, 0.6) is 0 Å². The number of carbonyl (C=O) groups excluding carboxylic acids is 2. The first-order chi connectivity index (χ1) is 41.5. The molecule has 2 atom stereocenters. The molecule has 3 N–H and O–H groups in total. The van der Waals surface area contributed by atoms with Crippen LogP contribution in [-0.4, -0.2) is 47.4 Å². The van der Waals surface area contributed by atoms with Gasteiger partial charge in [-0.05, 0) is 89.9 Å². The minimum atomic E-state index is -0.663. The summed E-state index contributed by atoms with van der Waals surface area (Å²) in [7, 11) is 0. The standard InChI is InChI=1S/C78H147NO5/c1-3-5-7-9-11-13-15-17-19-20-36-40-44-48-52-56-60-64-68-72-78(83)84-73-69-65-61-57-53-49-45-41-38-35-33-31-29-27-25-23-21-22-24-26-28-30-32-34-37-39-43-47-51-55-59-63-67-71-77(82)79-75(74-80)76(81)70-66-62-58-54-50-46-42-18-16-14-12-10-8-6-4-2/h11,13,17,19,25,27,31,33,75-76,80-81H,3-10,12,14-16,18,20-24,26,28-30,32,34-74H2,1-2H3,(H,79,82)/b13-11-,19-17-,27-25-,33-31-. The number of nitrogens with one attached hydrogen (secondary N) is 1. The van der Waals surface area contributed by atoms with Crippen LogP contribution in [0.1, 0.15) is 412 Å². The minimum Gasteiger partial charge on any atom is -0.466 e. The maximum Gasteiger partial charge on any atom is 0.305 e. The second-order valence-electron chi connectivity index (χ2n) is 26.0. The van der Waals surface area contributed by atoms with E-state index in [9.17, 15) is 19.8 Å². The summed E-state index contributed by atoms with van der Waals surface area (Å²) in [6.07, 6.45) is 96.1. The Morgan fingerprint density at radius 2 is 0.595 bits per heavy atom. The zero-order valence-corrected chi connectivity index (χ0v) is 56.6. The lowest BCUT2D eigenvalue weighted by Crippen LogP contribution is -2.45. The maximum absolute atomic E-state index is 12.5. The lowest BCUT2D eigenvalue weighted by molar-refractivity contribution is -0.143. The van der Waals surface area contributed by atoms with Crippen LogP contribution >= 0.6 is 0 Å². The van der Waals surface area contributed by atoms with Gasteiger partial charge in [-0.25, -0.2) is 0 Å². The van der Waals surface area contributed by atoms with E-state index in [1.807, 2.05) is 0 Å². The number of rotatable bonds is 71. The lowest BCUT2D eigenvalue weighted by Gasteiger charge is -2.22. The van der Waals surface area contributed by atoms with Gasteiger partial charge in [0.25, 0.3) is 0 Å². The largest absolute Gasteiger partial charge is 0.466 e. The summed E-state index contributed by atoms with van der Waals surface area (Å²) in [4.78, 5) is 24.6. The van der Waals surface area contributed by atoms with Gasteiger partial charge in [-0.15, -0.1) is 0 Å². The van der Waals surface area contributed by atoms with Crippen molar-refractivity contribution in [3.8, 4) is 0 Å². The number of hydrogen-bond donors (Lipinski definition) is 3. The summed E-state index contributed by atoms with van der Waals surface area (Å²) >= 11 is 0. The average molecular weight is 1180 g/mol. The fourth-order valence-electron chi connectivity index (χ4n) is 11.8. The van der Waals surface area contributed by atoms with Crippen LogP contribution in [0.15, 0.2) is 48.6 Å². The van der Waals surface area contributed by atoms with E-state index in [2.05, 4.69) is 67.8 Å². The van der Waals surface area contributed by atoms with Crippen molar-refractivity contribution in [2.45, 2.75) is 424 Å². The molecule has 0 saturated carbocycles. The number of aliphatic hydroxyl groups is 2. The van der Waals surface area contributed by atoms with Gasteiger partial charge in [0.05, 0.1) is 25.4 Å². The molecular weight excluding hydrogens is 1030 g/mol. The molecule has 0 aromatic heterocycles.